The fraction of sp³-hybridized carbons (Fsp3) is 0.545. The third-order valence-electron chi connectivity index (χ3n) is 2.31. The summed E-state index contributed by atoms with van der Waals surface area (Å²) in [4.78, 5) is 26.5. The summed E-state index contributed by atoms with van der Waals surface area (Å²) in [6.45, 7) is 7.25. The Morgan fingerprint density at radius 2 is 1.94 bits per heavy atom. The molecule has 0 saturated heterocycles. The van der Waals surface area contributed by atoms with Crippen LogP contribution in [0.3, 0.4) is 0 Å². The van der Waals surface area contributed by atoms with Crippen molar-refractivity contribution in [2.45, 2.75) is 39.7 Å². The quantitative estimate of drug-likeness (QED) is 0.847. The number of aromatic nitrogens is 2. The molecule has 1 aromatic rings. The summed E-state index contributed by atoms with van der Waals surface area (Å²) in [7, 11) is 0. The van der Waals surface area contributed by atoms with Crippen LogP contribution in [0.25, 0.3) is 0 Å². The van der Waals surface area contributed by atoms with Crippen molar-refractivity contribution in [3.63, 3.8) is 0 Å². The monoisotopic (exact) mass is 224 g/mol. The summed E-state index contributed by atoms with van der Waals surface area (Å²) in [5, 5.41) is 9.06. The number of carboxylic acids is 1. The van der Waals surface area contributed by atoms with Gasteiger partial charge in [0, 0.05) is 12.2 Å². The maximum absolute atomic E-state index is 11.6. The molecule has 0 fully saturated rings. The minimum Gasteiger partial charge on any atom is -0.478 e. The van der Waals surface area contributed by atoms with Crippen LogP contribution in [0.5, 0.6) is 0 Å². The Balaban J connectivity index is 3.50. The first-order valence-corrected chi connectivity index (χ1v) is 5.21. The van der Waals surface area contributed by atoms with E-state index in [4.69, 9.17) is 5.11 Å². The van der Waals surface area contributed by atoms with Gasteiger partial charge in [-0.05, 0) is 19.8 Å². The third kappa shape index (κ3) is 2.29. The Labute approximate surface area is 93.8 Å². The first-order chi connectivity index (χ1) is 7.34. The van der Waals surface area contributed by atoms with Crippen molar-refractivity contribution in [2.24, 2.45) is 0 Å². The average Bonchev–Trinajstić information content (AvgIpc) is 2.15. The van der Waals surface area contributed by atoms with Crippen LogP contribution < -0.4 is 5.69 Å². The van der Waals surface area contributed by atoms with Crippen LogP contribution in [0, 0.1) is 0 Å². The maximum atomic E-state index is 11.6. The second-order valence-corrected chi connectivity index (χ2v) is 4.28. The zero-order valence-corrected chi connectivity index (χ0v) is 9.89. The van der Waals surface area contributed by atoms with E-state index in [1.165, 1.54) is 10.8 Å². The van der Waals surface area contributed by atoms with E-state index in [0.29, 0.717) is 5.69 Å². The highest BCUT2D eigenvalue weighted by Gasteiger charge is 2.17. The fourth-order valence-electron chi connectivity index (χ4n) is 1.46. The highest BCUT2D eigenvalue weighted by atomic mass is 16.4. The summed E-state index contributed by atoms with van der Waals surface area (Å²) in [6.07, 6.45) is 1.37. The first kappa shape index (κ1) is 12.4. The van der Waals surface area contributed by atoms with Crippen LogP contribution in [0.15, 0.2) is 11.0 Å². The van der Waals surface area contributed by atoms with Crippen molar-refractivity contribution >= 4 is 5.97 Å². The Bertz CT molecular complexity index is 461. The van der Waals surface area contributed by atoms with Crippen molar-refractivity contribution in [1.82, 2.24) is 9.55 Å². The number of carboxylic acid groups (broad SMARTS) is 1. The molecule has 0 unspecified atom stereocenters. The molecule has 88 valence electrons. The number of carbonyl (C=O) groups is 1. The van der Waals surface area contributed by atoms with Gasteiger partial charge >= 0.3 is 11.7 Å². The van der Waals surface area contributed by atoms with E-state index in [2.05, 4.69) is 4.98 Å². The molecule has 0 amide bonds. The van der Waals surface area contributed by atoms with Crippen LogP contribution in [0.2, 0.25) is 0 Å². The molecule has 0 radical (unpaired) electrons. The standard InChI is InChI=1S/C11H16N2O3/c1-6(2)9-8(10(14)15)5-13(7(3)4)11(16)12-9/h5-7H,1-4H3,(H,14,15). The van der Waals surface area contributed by atoms with Gasteiger partial charge in [-0.15, -0.1) is 0 Å². The maximum Gasteiger partial charge on any atom is 0.348 e. The molecule has 0 aliphatic rings. The lowest BCUT2D eigenvalue weighted by Crippen LogP contribution is -2.28. The molecule has 1 N–H and O–H groups in total. The smallest absolute Gasteiger partial charge is 0.348 e. The number of rotatable bonds is 3. The van der Waals surface area contributed by atoms with Gasteiger partial charge in [0.15, 0.2) is 0 Å². The predicted molar refractivity (Wildman–Crippen MR) is 59.9 cm³/mol. The van der Waals surface area contributed by atoms with E-state index in [1.54, 1.807) is 0 Å². The fourth-order valence-corrected chi connectivity index (χ4v) is 1.46. The molecule has 0 spiro atoms. The van der Waals surface area contributed by atoms with Gasteiger partial charge in [0.25, 0.3) is 0 Å². The number of hydrogen-bond acceptors (Lipinski definition) is 3. The van der Waals surface area contributed by atoms with Gasteiger partial charge in [0.2, 0.25) is 0 Å². The molecule has 1 rings (SSSR count). The number of nitrogens with zero attached hydrogens (tertiary/aromatic N) is 2. The van der Waals surface area contributed by atoms with Crippen LogP contribution in [0.1, 0.15) is 55.7 Å². The van der Waals surface area contributed by atoms with Gasteiger partial charge in [-0.25, -0.2) is 9.59 Å². The predicted octanol–water partition coefficient (Wildman–Crippen LogP) is 1.65. The zero-order chi connectivity index (χ0) is 12.5. The molecule has 1 aromatic heterocycles. The van der Waals surface area contributed by atoms with Gasteiger partial charge in [0.05, 0.1) is 11.3 Å². The molecule has 0 aliphatic carbocycles. The third-order valence-corrected chi connectivity index (χ3v) is 2.31. The van der Waals surface area contributed by atoms with Crippen molar-refractivity contribution in [3.05, 3.63) is 27.9 Å². The summed E-state index contributed by atoms with van der Waals surface area (Å²) in [5.41, 5.74) is 0.0430. The average molecular weight is 224 g/mol. The van der Waals surface area contributed by atoms with E-state index in [-0.39, 0.29) is 17.5 Å². The minimum absolute atomic E-state index is 0.0828. The SMILES string of the molecule is CC(C)c1nc(=O)n(C(C)C)cc1C(=O)O. The molecule has 0 atom stereocenters. The molecule has 0 aliphatic heterocycles. The summed E-state index contributed by atoms with van der Waals surface area (Å²) >= 11 is 0. The Hall–Kier alpha value is -1.65. The normalized spacial score (nSPS) is 11.1. The molecule has 0 saturated carbocycles. The second kappa shape index (κ2) is 4.47. The topological polar surface area (TPSA) is 72.2 Å². The lowest BCUT2D eigenvalue weighted by atomic mass is 10.1. The van der Waals surface area contributed by atoms with Gasteiger partial charge in [-0.1, -0.05) is 13.8 Å². The second-order valence-electron chi connectivity index (χ2n) is 4.28. The number of hydrogen-bond donors (Lipinski definition) is 1. The van der Waals surface area contributed by atoms with E-state index in [9.17, 15) is 9.59 Å². The van der Waals surface area contributed by atoms with Crippen LogP contribution in [-0.2, 0) is 0 Å². The van der Waals surface area contributed by atoms with Crippen LogP contribution >= 0.6 is 0 Å². The van der Waals surface area contributed by atoms with Crippen molar-refractivity contribution < 1.29 is 9.90 Å². The lowest BCUT2D eigenvalue weighted by Gasteiger charge is -2.13. The summed E-state index contributed by atoms with van der Waals surface area (Å²) < 4.78 is 1.33. The minimum atomic E-state index is -1.05. The summed E-state index contributed by atoms with van der Waals surface area (Å²) in [5.74, 6) is -1.13. The van der Waals surface area contributed by atoms with E-state index < -0.39 is 11.7 Å². The molecule has 0 aromatic carbocycles. The zero-order valence-electron chi connectivity index (χ0n) is 9.89. The molecule has 5 heteroatoms. The van der Waals surface area contributed by atoms with Crippen LogP contribution in [0.4, 0.5) is 0 Å². The Kier molecular flexibility index (Phi) is 3.47. The molecular formula is C11H16N2O3. The first-order valence-electron chi connectivity index (χ1n) is 5.21. The van der Waals surface area contributed by atoms with Gasteiger partial charge in [-0.2, -0.15) is 4.98 Å². The molecule has 16 heavy (non-hydrogen) atoms. The largest absolute Gasteiger partial charge is 0.478 e. The van der Waals surface area contributed by atoms with E-state index in [0.717, 1.165) is 0 Å². The van der Waals surface area contributed by atoms with Gasteiger partial charge in [0.1, 0.15) is 0 Å². The highest BCUT2D eigenvalue weighted by molar-refractivity contribution is 5.88. The van der Waals surface area contributed by atoms with Crippen molar-refractivity contribution in [1.29, 1.82) is 0 Å². The van der Waals surface area contributed by atoms with Crippen molar-refractivity contribution in [2.75, 3.05) is 0 Å². The number of aromatic carboxylic acids is 1. The molecular weight excluding hydrogens is 208 g/mol. The molecule has 1 heterocycles. The summed E-state index contributed by atoms with van der Waals surface area (Å²) in [6, 6.07) is -0.0979. The Morgan fingerprint density at radius 3 is 2.31 bits per heavy atom. The molecule has 0 bridgehead atoms. The highest BCUT2D eigenvalue weighted by Crippen LogP contribution is 2.16. The van der Waals surface area contributed by atoms with Crippen molar-refractivity contribution in [3.8, 4) is 0 Å². The van der Waals surface area contributed by atoms with E-state index >= 15 is 0 Å². The molecule has 5 nitrogen and oxygen atoms in total. The Morgan fingerprint density at radius 1 is 1.38 bits per heavy atom. The van der Waals surface area contributed by atoms with Gasteiger partial charge in [-0.3, -0.25) is 4.57 Å². The van der Waals surface area contributed by atoms with Crippen LogP contribution in [-0.4, -0.2) is 20.6 Å². The van der Waals surface area contributed by atoms with E-state index in [1.807, 2.05) is 27.7 Å². The lowest BCUT2D eigenvalue weighted by molar-refractivity contribution is 0.0693. The van der Waals surface area contributed by atoms with Gasteiger partial charge < -0.3 is 5.11 Å².